The SMILES string of the molecule is C[C@@H]1CC[C@]2(C)C3CC[C@]45CCCC(O)[C@H]4CCC5C3CC[C@H]2C1. The summed E-state index contributed by atoms with van der Waals surface area (Å²) in [6.07, 6.45) is 17.1. The third-order valence-electron chi connectivity index (χ3n) is 10.3. The molecule has 5 fully saturated rings. The van der Waals surface area contributed by atoms with Gasteiger partial charge in [-0.3, -0.25) is 0 Å². The molecule has 0 radical (unpaired) electrons. The van der Waals surface area contributed by atoms with Crippen molar-refractivity contribution < 1.29 is 5.11 Å². The van der Waals surface area contributed by atoms with Gasteiger partial charge >= 0.3 is 0 Å². The average molecular weight is 331 g/mol. The molecule has 0 aliphatic heterocycles. The monoisotopic (exact) mass is 330 g/mol. The van der Waals surface area contributed by atoms with Crippen molar-refractivity contribution in [3.05, 3.63) is 0 Å². The predicted octanol–water partition coefficient (Wildman–Crippen LogP) is 5.81. The van der Waals surface area contributed by atoms with Gasteiger partial charge in [0.2, 0.25) is 0 Å². The third kappa shape index (κ3) is 2.03. The first-order valence-electron chi connectivity index (χ1n) is 11.2. The highest BCUT2D eigenvalue weighted by molar-refractivity contribution is 5.12. The first-order valence-corrected chi connectivity index (χ1v) is 11.2. The van der Waals surface area contributed by atoms with Gasteiger partial charge in [-0.05, 0) is 111 Å². The zero-order valence-corrected chi connectivity index (χ0v) is 16.0. The Balaban J connectivity index is 1.45. The van der Waals surface area contributed by atoms with E-state index >= 15 is 0 Å². The van der Waals surface area contributed by atoms with Crippen LogP contribution in [0, 0.1) is 46.3 Å². The van der Waals surface area contributed by atoms with Crippen molar-refractivity contribution in [1.82, 2.24) is 0 Å². The van der Waals surface area contributed by atoms with E-state index in [9.17, 15) is 5.11 Å². The van der Waals surface area contributed by atoms with E-state index in [0.717, 1.165) is 36.0 Å². The normalized spacial score (nSPS) is 59.9. The molecule has 136 valence electrons. The summed E-state index contributed by atoms with van der Waals surface area (Å²) in [6, 6.07) is 0. The lowest BCUT2D eigenvalue weighted by Crippen LogP contribution is -2.55. The maximum absolute atomic E-state index is 10.7. The van der Waals surface area contributed by atoms with Crippen LogP contribution in [0.1, 0.15) is 90.9 Å². The van der Waals surface area contributed by atoms with Gasteiger partial charge in [-0.25, -0.2) is 0 Å². The third-order valence-corrected chi connectivity index (χ3v) is 10.3. The average Bonchev–Trinajstić information content (AvgIpc) is 2.96. The summed E-state index contributed by atoms with van der Waals surface area (Å²) in [5.41, 5.74) is 1.21. The van der Waals surface area contributed by atoms with Crippen molar-refractivity contribution in [1.29, 1.82) is 0 Å². The Hall–Kier alpha value is -0.0400. The van der Waals surface area contributed by atoms with Gasteiger partial charge in [0.25, 0.3) is 0 Å². The standard InChI is InChI=1S/C23H38O/c1-15-9-12-22(2)16(14-15)5-6-17-18(22)10-13-23-11-3-4-21(24)20(23)8-7-19(17)23/h15-21,24H,3-14H2,1-2H3/t15-,16+,17?,18?,19?,20-,21?,22+,23+/m1/s1. The number of rotatable bonds is 0. The molecule has 0 aromatic heterocycles. The van der Waals surface area contributed by atoms with Crippen LogP contribution in [-0.4, -0.2) is 11.2 Å². The van der Waals surface area contributed by atoms with Crippen LogP contribution in [0.4, 0.5) is 0 Å². The topological polar surface area (TPSA) is 20.2 Å². The van der Waals surface area contributed by atoms with Crippen LogP contribution in [0.3, 0.4) is 0 Å². The number of hydrogen-bond donors (Lipinski definition) is 1. The quantitative estimate of drug-likeness (QED) is 0.594. The number of fused-ring (bicyclic) bond motifs is 4. The summed E-state index contributed by atoms with van der Waals surface area (Å²) in [5.74, 6) is 5.63. The van der Waals surface area contributed by atoms with E-state index in [-0.39, 0.29) is 6.10 Å². The second-order valence-corrected chi connectivity index (χ2v) is 11.0. The molecule has 5 saturated carbocycles. The second-order valence-electron chi connectivity index (χ2n) is 11.0. The van der Waals surface area contributed by atoms with Gasteiger partial charge in [-0.1, -0.05) is 26.7 Å². The zero-order valence-electron chi connectivity index (χ0n) is 16.0. The molecule has 0 saturated heterocycles. The minimum atomic E-state index is 0.0303. The fraction of sp³-hybridized carbons (Fsp3) is 1.00. The number of aliphatic hydroxyl groups is 1. The number of aliphatic hydroxyl groups excluding tert-OH is 1. The molecule has 4 unspecified atom stereocenters. The van der Waals surface area contributed by atoms with E-state index in [2.05, 4.69) is 13.8 Å². The summed E-state index contributed by atoms with van der Waals surface area (Å²) in [5, 5.41) is 10.7. The minimum Gasteiger partial charge on any atom is -0.393 e. The van der Waals surface area contributed by atoms with Crippen LogP contribution in [-0.2, 0) is 0 Å². The van der Waals surface area contributed by atoms with Crippen LogP contribution >= 0.6 is 0 Å². The molecule has 5 aliphatic rings. The van der Waals surface area contributed by atoms with Crippen molar-refractivity contribution >= 4 is 0 Å². The van der Waals surface area contributed by atoms with E-state index in [1.807, 2.05) is 0 Å². The Kier molecular flexibility index (Phi) is 3.69. The van der Waals surface area contributed by atoms with Crippen LogP contribution in [0.2, 0.25) is 0 Å². The van der Waals surface area contributed by atoms with Crippen molar-refractivity contribution in [3.63, 3.8) is 0 Å². The Labute approximate surface area is 149 Å². The van der Waals surface area contributed by atoms with Crippen molar-refractivity contribution in [3.8, 4) is 0 Å². The maximum atomic E-state index is 10.7. The molecule has 5 rings (SSSR count). The van der Waals surface area contributed by atoms with Crippen LogP contribution < -0.4 is 0 Å². The van der Waals surface area contributed by atoms with Gasteiger partial charge in [0.05, 0.1) is 6.10 Å². The molecule has 9 atom stereocenters. The van der Waals surface area contributed by atoms with Crippen LogP contribution in [0.25, 0.3) is 0 Å². The predicted molar refractivity (Wildman–Crippen MR) is 98.6 cm³/mol. The first kappa shape index (κ1) is 16.2. The molecule has 0 aromatic rings. The summed E-state index contributed by atoms with van der Waals surface area (Å²) in [6.45, 7) is 5.19. The van der Waals surface area contributed by atoms with Crippen LogP contribution in [0.5, 0.6) is 0 Å². The molecule has 1 spiro atoms. The van der Waals surface area contributed by atoms with E-state index < -0.39 is 0 Å². The molecule has 0 bridgehead atoms. The van der Waals surface area contributed by atoms with Gasteiger partial charge in [-0.15, -0.1) is 0 Å². The summed E-state index contributed by atoms with van der Waals surface area (Å²) < 4.78 is 0. The maximum Gasteiger partial charge on any atom is 0.0573 e. The van der Waals surface area contributed by atoms with Gasteiger partial charge in [-0.2, -0.15) is 0 Å². The second kappa shape index (κ2) is 5.48. The summed E-state index contributed by atoms with van der Waals surface area (Å²) in [4.78, 5) is 0. The number of hydrogen-bond acceptors (Lipinski definition) is 1. The lowest BCUT2D eigenvalue weighted by molar-refractivity contribution is -0.141. The highest BCUT2D eigenvalue weighted by Crippen LogP contribution is 2.70. The fourth-order valence-corrected chi connectivity index (χ4v) is 9.24. The molecule has 24 heavy (non-hydrogen) atoms. The zero-order chi connectivity index (χ0) is 16.5. The van der Waals surface area contributed by atoms with Gasteiger partial charge in [0.1, 0.15) is 0 Å². The summed E-state index contributed by atoms with van der Waals surface area (Å²) >= 11 is 0. The lowest BCUT2D eigenvalue weighted by Gasteiger charge is -2.62. The molecular weight excluding hydrogens is 292 g/mol. The Bertz CT molecular complexity index is 500. The van der Waals surface area contributed by atoms with E-state index in [1.54, 1.807) is 0 Å². The van der Waals surface area contributed by atoms with Crippen molar-refractivity contribution in [2.24, 2.45) is 46.3 Å². The highest BCUT2D eigenvalue weighted by atomic mass is 16.3. The fourth-order valence-electron chi connectivity index (χ4n) is 9.24. The molecule has 0 amide bonds. The molecule has 1 heteroatoms. The van der Waals surface area contributed by atoms with Crippen LogP contribution in [0.15, 0.2) is 0 Å². The molecular formula is C23H38O. The molecule has 0 heterocycles. The van der Waals surface area contributed by atoms with E-state index in [1.165, 1.54) is 70.6 Å². The van der Waals surface area contributed by atoms with Gasteiger partial charge in [0, 0.05) is 0 Å². The van der Waals surface area contributed by atoms with E-state index in [0.29, 0.717) is 16.7 Å². The van der Waals surface area contributed by atoms with Crippen molar-refractivity contribution in [2.45, 2.75) is 97.0 Å². The Morgan fingerprint density at radius 2 is 1.62 bits per heavy atom. The minimum absolute atomic E-state index is 0.0303. The van der Waals surface area contributed by atoms with Crippen molar-refractivity contribution in [2.75, 3.05) is 0 Å². The highest BCUT2D eigenvalue weighted by Gasteiger charge is 2.62. The molecule has 1 nitrogen and oxygen atoms in total. The largest absolute Gasteiger partial charge is 0.393 e. The molecule has 0 aromatic carbocycles. The Morgan fingerprint density at radius 1 is 0.792 bits per heavy atom. The molecule has 5 aliphatic carbocycles. The van der Waals surface area contributed by atoms with Gasteiger partial charge < -0.3 is 5.11 Å². The summed E-state index contributed by atoms with van der Waals surface area (Å²) in [7, 11) is 0. The van der Waals surface area contributed by atoms with Gasteiger partial charge in [0.15, 0.2) is 0 Å². The Morgan fingerprint density at radius 3 is 2.50 bits per heavy atom. The smallest absolute Gasteiger partial charge is 0.0573 e. The molecule has 1 N–H and O–H groups in total. The van der Waals surface area contributed by atoms with E-state index in [4.69, 9.17) is 0 Å². The first-order chi connectivity index (χ1) is 11.5. The lowest BCUT2D eigenvalue weighted by atomic mass is 9.43.